The summed E-state index contributed by atoms with van der Waals surface area (Å²) in [5, 5.41) is 17.1. The van der Waals surface area contributed by atoms with Crippen LogP contribution >= 0.6 is 0 Å². The van der Waals surface area contributed by atoms with Gasteiger partial charge in [-0.3, -0.25) is 4.79 Å². The van der Waals surface area contributed by atoms with Gasteiger partial charge < -0.3 is 14.8 Å². The molecule has 0 bridgehead atoms. The summed E-state index contributed by atoms with van der Waals surface area (Å²) >= 11 is 0. The van der Waals surface area contributed by atoms with Crippen LogP contribution in [-0.2, 0) is 22.3 Å². The number of carbonyl (C=O) groups excluding carboxylic acids is 2. The van der Waals surface area contributed by atoms with Crippen molar-refractivity contribution in [3.63, 3.8) is 0 Å². The van der Waals surface area contributed by atoms with Crippen LogP contribution in [0.15, 0.2) is 12.1 Å². The Morgan fingerprint density at radius 3 is 2.79 bits per heavy atom. The van der Waals surface area contributed by atoms with Crippen molar-refractivity contribution in [1.82, 2.24) is 15.1 Å². The number of rotatable bonds is 5. The minimum Gasteiger partial charge on any atom is -0.462 e. The summed E-state index contributed by atoms with van der Waals surface area (Å²) in [6.07, 6.45) is 3.09. The van der Waals surface area contributed by atoms with Gasteiger partial charge in [-0.2, -0.15) is 10.4 Å². The molecule has 1 spiro atoms. The van der Waals surface area contributed by atoms with Gasteiger partial charge in [-0.1, -0.05) is 13.8 Å². The van der Waals surface area contributed by atoms with Gasteiger partial charge in [0.1, 0.15) is 5.69 Å². The predicted octanol–water partition coefficient (Wildman–Crippen LogP) is 3.09. The molecule has 0 saturated carbocycles. The van der Waals surface area contributed by atoms with Crippen molar-refractivity contribution in [2.24, 2.45) is 5.41 Å². The van der Waals surface area contributed by atoms with E-state index in [9.17, 15) is 14.9 Å². The zero-order chi connectivity index (χ0) is 23.6. The standard InChI is InChI=1S/C24H27FN4O4/c1-3-7-33-23(31)16-10-15(13-26)11-18(21(16)25)29-19-12-24(5-8-32-9-6-24)14-27-22(30)20(19)17(4-2)28-29/h10-11H,3-9,12,14H2,1-2H3,(H,27,30). The van der Waals surface area contributed by atoms with E-state index in [1.165, 1.54) is 16.8 Å². The highest BCUT2D eigenvalue weighted by Gasteiger charge is 2.40. The van der Waals surface area contributed by atoms with Gasteiger partial charge in [-0.05, 0) is 49.7 Å². The molecule has 1 N–H and O–H groups in total. The molecule has 1 aromatic heterocycles. The fourth-order valence-corrected chi connectivity index (χ4v) is 4.56. The van der Waals surface area contributed by atoms with E-state index in [-0.39, 0.29) is 34.7 Å². The Labute approximate surface area is 191 Å². The summed E-state index contributed by atoms with van der Waals surface area (Å²) in [5.41, 5.74) is 1.10. The number of ether oxygens (including phenoxy) is 2. The number of hydrogen-bond donors (Lipinski definition) is 1. The molecule has 1 saturated heterocycles. The Morgan fingerprint density at radius 1 is 1.36 bits per heavy atom. The van der Waals surface area contributed by atoms with Gasteiger partial charge in [0, 0.05) is 19.8 Å². The topological polar surface area (TPSA) is 106 Å². The van der Waals surface area contributed by atoms with Gasteiger partial charge in [-0.15, -0.1) is 0 Å². The largest absolute Gasteiger partial charge is 0.462 e. The third-order valence-corrected chi connectivity index (χ3v) is 6.40. The zero-order valence-corrected chi connectivity index (χ0v) is 18.9. The van der Waals surface area contributed by atoms with E-state index >= 15 is 4.39 Å². The number of aryl methyl sites for hydroxylation is 1. The molecule has 0 atom stereocenters. The lowest BCUT2D eigenvalue weighted by molar-refractivity contribution is 0.0154. The van der Waals surface area contributed by atoms with Crippen molar-refractivity contribution < 1.29 is 23.5 Å². The Bertz CT molecular complexity index is 1130. The quantitative estimate of drug-likeness (QED) is 0.696. The second-order valence-corrected chi connectivity index (χ2v) is 8.61. The average molecular weight is 455 g/mol. The van der Waals surface area contributed by atoms with Crippen LogP contribution in [0.25, 0.3) is 5.69 Å². The molecule has 0 unspecified atom stereocenters. The first-order valence-electron chi connectivity index (χ1n) is 11.3. The zero-order valence-electron chi connectivity index (χ0n) is 18.9. The highest BCUT2D eigenvalue weighted by atomic mass is 19.1. The third kappa shape index (κ3) is 4.23. The number of amides is 1. The summed E-state index contributed by atoms with van der Waals surface area (Å²) in [6.45, 7) is 5.54. The van der Waals surface area contributed by atoms with Crippen molar-refractivity contribution >= 4 is 11.9 Å². The number of esters is 1. The molecule has 0 radical (unpaired) electrons. The molecule has 4 rings (SSSR count). The van der Waals surface area contributed by atoms with Gasteiger partial charge in [0.15, 0.2) is 5.82 Å². The van der Waals surface area contributed by atoms with Crippen molar-refractivity contribution in [2.75, 3.05) is 26.4 Å². The van der Waals surface area contributed by atoms with Crippen molar-refractivity contribution in [2.45, 2.75) is 46.0 Å². The van der Waals surface area contributed by atoms with Crippen LogP contribution in [0.1, 0.15) is 70.8 Å². The lowest BCUT2D eigenvalue weighted by Crippen LogP contribution is -2.40. The minimum absolute atomic E-state index is 0.0367. The monoisotopic (exact) mass is 454 g/mol. The molecule has 1 aromatic carbocycles. The van der Waals surface area contributed by atoms with Crippen molar-refractivity contribution in [3.05, 3.63) is 46.0 Å². The molecule has 2 aliphatic rings. The number of benzene rings is 1. The van der Waals surface area contributed by atoms with E-state index < -0.39 is 11.8 Å². The molecular formula is C24H27FN4O4. The molecule has 0 aliphatic carbocycles. The van der Waals surface area contributed by atoms with Crippen LogP contribution < -0.4 is 5.32 Å². The predicted molar refractivity (Wildman–Crippen MR) is 117 cm³/mol. The number of carbonyl (C=O) groups is 2. The van der Waals surface area contributed by atoms with Gasteiger partial charge in [-0.25, -0.2) is 13.9 Å². The van der Waals surface area contributed by atoms with Gasteiger partial charge in [0.25, 0.3) is 5.91 Å². The number of hydrogen-bond acceptors (Lipinski definition) is 6. The second-order valence-electron chi connectivity index (χ2n) is 8.61. The summed E-state index contributed by atoms with van der Waals surface area (Å²) in [5.74, 6) is -1.90. The first-order valence-corrected chi connectivity index (χ1v) is 11.3. The van der Waals surface area contributed by atoms with E-state index in [0.717, 1.165) is 12.8 Å². The van der Waals surface area contributed by atoms with Gasteiger partial charge in [0.05, 0.1) is 40.8 Å². The van der Waals surface area contributed by atoms with Crippen LogP contribution in [-0.4, -0.2) is 48.0 Å². The van der Waals surface area contributed by atoms with Gasteiger partial charge >= 0.3 is 5.97 Å². The van der Waals surface area contributed by atoms with E-state index in [0.29, 0.717) is 56.0 Å². The maximum absolute atomic E-state index is 15.7. The number of halogens is 1. The highest BCUT2D eigenvalue weighted by Crippen LogP contribution is 2.38. The Hall–Kier alpha value is -3.25. The van der Waals surface area contributed by atoms with E-state index in [2.05, 4.69) is 10.4 Å². The van der Waals surface area contributed by atoms with Crippen molar-refractivity contribution in [1.29, 1.82) is 5.26 Å². The molecule has 2 aliphatic heterocycles. The molecule has 1 amide bonds. The third-order valence-electron chi connectivity index (χ3n) is 6.40. The van der Waals surface area contributed by atoms with Crippen LogP contribution in [0.4, 0.5) is 4.39 Å². The summed E-state index contributed by atoms with van der Waals surface area (Å²) < 4.78 is 27.7. The van der Waals surface area contributed by atoms with E-state index in [1.807, 2.05) is 19.9 Å². The van der Waals surface area contributed by atoms with Crippen LogP contribution in [0.5, 0.6) is 0 Å². The number of nitriles is 1. The summed E-state index contributed by atoms with van der Waals surface area (Å²) in [4.78, 5) is 25.5. The lowest BCUT2D eigenvalue weighted by atomic mass is 9.76. The van der Waals surface area contributed by atoms with Gasteiger partial charge in [0.2, 0.25) is 0 Å². The molecule has 2 aromatic rings. The Kier molecular flexibility index (Phi) is 6.47. The maximum Gasteiger partial charge on any atom is 0.341 e. The molecule has 1 fully saturated rings. The summed E-state index contributed by atoms with van der Waals surface area (Å²) in [7, 11) is 0. The average Bonchev–Trinajstić information content (AvgIpc) is 3.12. The minimum atomic E-state index is -0.833. The second kappa shape index (κ2) is 9.32. The van der Waals surface area contributed by atoms with Crippen LogP contribution in [0.2, 0.25) is 0 Å². The fraction of sp³-hybridized carbons (Fsp3) is 0.500. The fourth-order valence-electron chi connectivity index (χ4n) is 4.56. The molecule has 9 heteroatoms. The molecule has 8 nitrogen and oxygen atoms in total. The number of nitrogens with one attached hydrogen (secondary N) is 1. The lowest BCUT2D eigenvalue weighted by Gasteiger charge is -2.36. The van der Waals surface area contributed by atoms with E-state index in [1.54, 1.807) is 0 Å². The van der Waals surface area contributed by atoms with E-state index in [4.69, 9.17) is 9.47 Å². The number of fused-ring (bicyclic) bond motifs is 1. The number of nitrogens with zero attached hydrogens (tertiary/aromatic N) is 3. The molecule has 174 valence electrons. The normalized spacial score (nSPS) is 17.1. The Balaban J connectivity index is 1.89. The summed E-state index contributed by atoms with van der Waals surface area (Å²) in [6, 6.07) is 4.53. The number of aromatic nitrogens is 2. The Morgan fingerprint density at radius 2 is 2.12 bits per heavy atom. The van der Waals surface area contributed by atoms with Crippen LogP contribution in [0.3, 0.4) is 0 Å². The molecule has 33 heavy (non-hydrogen) atoms. The molecule has 3 heterocycles. The first kappa shape index (κ1) is 22.9. The smallest absolute Gasteiger partial charge is 0.341 e. The van der Waals surface area contributed by atoms with Crippen molar-refractivity contribution in [3.8, 4) is 11.8 Å². The highest BCUT2D eigenvalue weighted by molar-refractivity contribution is 5.97. The molecular weight excluding hydrogens is 427 g/mol. The first-order chi connectivity index (χ1) is 15.9. The van der Waals surface area contributed by atoms with Crippen LogP contribution in [0, 0.1) is 22.6 Å². The SMILES string of the molecule is CCCOC(=O)c1cc(C#N)cc(-n2nc(CC)c3c2CC2(CCOCC2)CNC3=O)c1F. The maximum atomic E-state index is 15.7.